The standard InChI is InChI=1S/C14H9F3INO2/c15-14(16,17)8-5-6-11(10(18)7-8)19-13(21)9-3-1-2-4-12(9)20/h1-7,20H,(H,19,21). The number of nitrogens with one attached hydrogen (secondary N) is 1. The van der Waals surface area contributed by atoms with Gasteiger partial charge in [0.25, 0.3) is 5.91 Å². The third kappa shape index (κ3) is 3.66. The van der Waals surface area contributed by atoms with Crippen LogP contribution in [0, 0.1) is 3.57 Å². The number of benzene rings is 2. The van der Waals surface area contributed by atoms with Gasteiger partial charge in [0.1, 0.15) is 5.75 Å². The summed E-state index contributed by atoms with van der Waals surface area (Å²) in [7, 11) is 0. The topological polar surface area (TPSA) is 49.3 Å². The summed E-state index contributed by atoms with van der Waals surface area (Å²) in [5, 5.41) is 12.0. The smallest absolute Gasteiger partial charge is 0.416 e. The van der Waals surface area contributed by atoms with E-state index >= 15 is 0 Å². The van der Waals surface area contributed by atoms with Crippen molar-refractivity contribution in [3.8, 4) is 5.75 Å². The Balaban J connectivity index is 2.25. The highest BCUT2D eigenvalue weighted by Gasteiger charge is 2.30. The number of amides is 1. The molecule has 0 aliphatic heterocycles. The molecule has 0 unspecified atom stereocenters. The highest BCUT2D eigenvalue weighted by atomic mass is 127. The molecule has 2 aromatic carbocycles. The molecule has 0 aliphatic rings. The van der Waals surface area contributed by atoms with Crippen LogP contribution in [0.2, 0.25) is 0 Å². The lowest BCUT2D eigenvalue weighted by Crippen LogP contribution is -2.14. The number of para-hydroxylation sites is 1. The number of aromatic hydroxyl groups is 1. The summed E-state index contributed by atoms with van der Waals surface area (Å²) in [5.41, 5.74) is -0.488. The molecule has 2 N–H and O–H groups in total. The van der Waals surface area contributed by atoms with Gasteiger partial charge in [-0.1, -0.05) is 12.1 Å². The van der Waals surface area contributed by atoms with Gasteiger partial charge in [0, 0.05) is 3.57 Å². The normalized spacial score (nSPS) is 11.2. The average molecular weight is 407 g/mol. The molecule has 0 spiro atoms. The fraction of sp³-hybridized carbons (Fsp3) is 0.0714. The number of halogens is 4. The van der Waals surface area contributed by atoms with Crippen molar-refractivity contribution in [2.75, 3.05) is 5.32 Å². The quantitative estimate of drug-likeness (QED) is 0.731. The Hall–Kier alpha value is -1.77. The van der Waals surface area contributed by atoms with Crippen molar-refractivity contribution >= 4 is 34.2 Å². The Kier molecular flexibility index (Phi) is 4.40. The summed E-state index contributed by atoms with van der Waals surface area (Å²) in [6.07, 6.45) is -4.43. The highest BCUT2D eigenvalue weighted by Crippen LogP contribution is 2.32. The predicted octanol–water partition coefficient (Wildman–Crippen LogP) is 4.27. The minimum absolute atomic E-state index is 0.0493. The first kappa shape index (κ1) is 15.6. The van der Waals surface area contributed by atoms with Crippen LogP contribution in [-0.4, -0.2) is 11.0 Å². The van der Waals surface area contributed by atoms with Gasteiger partial charge < -0.3 is 10.4 Å². The molecule has 0 bridgehead atoms. The number of alkyl halides is 3. The van der Waals surface area contributed by atoms with Gasteiger partial charge in [-0.25, -0.2) is 0 Å². The monoisotopic (exact) mass is 407 g/mol. The second-order valence-electron chi connectivity index (χ2n) is 4.16. The molecule has 0 aliphatic carbocycles. The number of hydrogen-bond acceptors (Lipinski definition) is 2. The zero-order valence-electron chi connectivity index (χ0n) is 10.4. The SMILES string of the molecule is O=C(Nc1ccc(C(F)(F)F)cc1I)c1ccccc1O. The maximum atomic E-state index is 12.6. The molecule has 0 aromatic heterocycles. The molecular formula is C14H9F3INO2. The van der Waals surface area contributed by atoms with Gasteiger partial charge in [0.15, 0.2) is 0 Å². The van der Waals surface area contributed by atoms with Crippen molar-refractivity contribution in [3.05, 3.63) is 57.2 Å². The summed E-state index contributed by atoms with van der Waals surface area (Å²) in [4.78, 5) is 12.0. The maximum absolute atomic E-state index is 12.6. The van der Waals surface area contributed by atoms with Gasteiger partial charge in [0.05, 0.1) is 16.8 Å². The van der Waals surface area contributed by atoms with Crippen molar-refractivity contribution in [1.82, 2.24) is 0 Å². The van der Waals surface area contributed by atoms with E-state index in [2.05, 4.69) is 5.32 Å². The first-order valence-corrected chi connectivity index (χ1v) is 6.83. The van der Waals surface area contributed by atoms with Crippen LogP contribution in [0.1, 0.15) is 15.9 Å². The molecule has 1 amide bonds. The van der Waals surface area contributed by atoms with E-state index in [0.29, 0.717) is 0 Å². The minimum atomic E-state index is -4.43. The van der Waals surface area contributed by atoms with E-state index in [4.69, 9.17) is 0 Å². The number of phenolic OH excluding ortho intramolecular Hbond substituents is 1. The number of rotatable bonds is 2. The van der Waals surface area contributed by atoms with Gasteiger partial charge >= 0.3 is 6.18 Å². The van der Waals surface area contributed by atoms with E-state index in [0.717, 1.165) is 12.1 Å². The fourth-order valence-electron chi connectivity index (χ4n) is 1.65. The lowest BCUT2D eigenvalue weighted by atomic mass is 10.1. The van der Waals surface area contributed by atoms with Crippen LogP contribution < -0.4 is 5.32 Å². The molecule has 0 heterocycles. The van der Waals surface area contributed by atoms with Crippen LogP contribution in [0.5, 0.6) is 5.75 Å². The number of carbonyl (C=O) groups excluding carboxylic acids is 1. The first-order valence-electron chi connectivity index (χ1n) is 5.75. The molecule has 7 heteroatoms. The number of hydrogen-bond donors (Lipinski definition) is 2. The number of anilines is 1. The summed E-state index contributed by atoms with van der Waals surface area (Å²) in [6.45, 7) is 0. The average Bonchev–Trinajstić information content (AvgIpc) is 2.40. The van der Waals surface area contributed by atoms with E-state index in [1.54, 1.807) is 34.7 Å². The number of carbonyl (C=O) groups is 1. The van der Waals surface area contributed by atoms with Crippen LogP contribution >= 0.6 is 22.6 Å². The van der Waals surface area contributed by atoms with E-state index in [9.17, 15) is 23.1 Å². The molecule has 0 saturated carbocycles. The molecule has 21 heavy (non-hydrogen) atoms. The summed E-state index contributed by atoms with van der Waals surface area (Å²) in [5.74, 6) is -0.789. The van der Waals surface area contributed by atoms with Crippen LogP contribution in [-0.2, 0) is 6.18 Å². The molecule has 110 valence electrons. The lowest BCUT2D eigenvalue weighted by molar-refractivity contribution is -0.137. The Bertz CT molecular complexity index is 686. The number of phenols is 1. The summed E-state index contributed by atoms with van der Waals surface area (Å²) in [6, 6.07) is 8.93. The Morgan fingerprint density at radius 2 is 1.81 bits per heavy atom. The molecular weight excluding hydrogens is 398 g/mol. The molecule has 0 radical (unpaired) electrons. The van der Waals surface area contributed by atoms with Crippen molar-refractivity contribution in [2.24, 2.45) is 0 Å². The van der Waals surface area contributed by atoms with Gasteiger partial charge in [-0.15, -0.1) is 0 Å². The van der Waals surface area contributed by atoms with Crippen molar-refractivity contribution in [2.45, 2.75) is 6.18 Å². The van der Waals surface area contributed by atoms with E-state index in [1.807, 2.05) is 0 Å². The third-order valence-electron chi connectivity index (χ3n) is 2.69. The molecule has 3 nitrogen and oxygen atoms in total. The van der Waals surface area contributed by atoms with Crippen LogP contribution in [0.25, 0.3) is 0 Å². The Morgan fingerprint density at radius 1 is 1.14 bits per heavy atom. The summed E-state index contributed by atoms with van der Waals surface area (Å²) < 4.78 is 37.9. The van der Waals surface area contributed by atoms with Gasteiger partial charge in [-0.2, -0.15) is 13.2 Å². The molecule has 2 rings (SSSR count). The molecule has 0 atom stereocenters. The largest absolute Gasteiger partial charge is 0.507 e. The van der Waals surface area contributed by atoms with E-state index < -0.39 is 17.6 Å². The van der Waals surface area contributed by atoms with E-state index in [-0.39, 0.29) is 20.6 Å². The minimum Gasteiger partial charge on any atom is -0.507 e. The second-order valence-corrected chi connectivity index (χ2v) is 5.33. The van der Waals surface area contributed by atoms with Crippen LogP contribution in [0.4, 0.5) is 18.9 Å². The predicted molar refractivity (Wildman–Crippen MR) is 80.2 cm³/mol. The van der Waals surface area contributed by atoms with Gasteiger partial charge in [-0.05, 0) is 52.9 Å². The van der Waals surface area contributed by atoms with Gasteiger partial charge in [0.2, 0.25) is 0 Å². The lowest BCUT2D eigenvalue weighted by Gasteiger charge is -2.11. The molecule has 0 saturated heterocycles. The molecule has 2 aromatic rings. The maximum Gasteiger partial charge on any atom is 0.416 e. The highest BCUT2D eigenvalue weighted by molar-refractivity contribution is 14.1. The van der Waals surface area contributed by atoms with Gasteiger partial charge in [-0.3, -0.25) is 4.79 Å². The van der Waals surface area contributed by atoms with Crippen LogP contribution in [0.15, 0.2) is 42.5 Å². The van der Waals surface area contributed by atoms with Crippen molar-refractivity contribution < 1.29 is 23.1 Å². The zero-order valence-corrected chi connectivity index (χ0v) is 12.6. The fourth-order valence-corrected chi connectivity index (χ4v) is 2.30. The second kappa shape index (κ2) is 5.92. The molecule has 0 fully saturated rings. The Morgan fingerprint density at radius 3 is 2.38 bits per heavy atom. The van der Waals surface area contributed by atoms with E-state index in [1.165, 1.54) is 18.2 Å². The summed E-state index contributed by atoms with van der Waals surface area (Å²) >= 11 is 1.71. The Labute approximate surface area is 131 Å². The first-order chi connectivity index (χ1) is 9.79. The third-order valence-corrected chi connectivity index (χ3v) is 3.59. The van der Waals surface area contributed by atoms with Crippen molar-refractivity contribution in [3.63, 3.8) is 0 Å². The van der Waals surface area contributed by atoms with Crippen molar-refractivity contribution in [1.29, 1.82) is 0 Å². The van der Waals surface area contributed by atoms with Crippen LogP contribution in [0.3, 0.4) is 0 Å². The zero-order chi connectivity index (χ0) is 15.6.